The maximum absolute atomic E-state index is 11.9. The number of hydrogen-bond acceptors (Lipinski definition) is 2. The summed E-state index contributed by atoms with van der Waals surface area (Å²) in [6, 6.07) is 1.98. The van der Waals surface area contributed by atoms with Crippen LogP contribution >= 0.6 is 27.3 Å². The lowest BCUT2D eigenvalue weighted by molar-refractivity contribution is 0.0938. The van der Waals surface area contributed by atoms with Crippen LogP contribution in [0.1, 0.15) is 41.9 Å². The van der Waals surface area contributed by atoms with E-state index in [0.29, 0.717) is 0 Å². The van der Waals surface area contributed by atoms with Crippen LogP contribution in [0.25, 0.3) is 0 Å². The van der Waals surface area contributed by atoms with Gasteiger partial charge in [-0.25, -0.2) is 0 Å². The average Bonchev–Trinajstić information content (AvgIpc) is 2.70. The van der Waals surface area contributed by atoms with Crippen LogP contribution in [-0.4, -0.2) is 17.8 Å². The monoisotopic (exact) mass is 317 g/mol. The molecule has 0 atom stereocenters. The third-order valence-corrected chi connectivity index (χ3v) is 4.36. The lowest BCUT2D eigenvalue weighted by atomic mass is 9.88. The number of thiophene rings is 1. The Balaban J connectivity index is 2.45. The molecule has 0 saturated carbocycles. The summed E-state index contributed by atoms with van der Waals surface area (Å²) in [5.74, 6) is 0.0596. The highest BCUT2D eigenvalue weighted by molar-refractivity contribution is 9.09. The number of carbonyl (C=O) groups excluding carboxylic acids is 1. The van der Waals surface area contributed by atoms with Crippen LogP contribution in [-0.2, 0) is 0 Å². The van der Waals surface area contributed by atoms with Crippen molar-refractivity contribution in [2.75, 3.05) is 11.9 Å². The predicted octanol–water partition coefficient (Wildman–Crippen LogP) is 3.99. The minimum absolute atomic E-state index is 0.0596. The number of nitrogens with one attached hydrogen (secondary N) is 1. The zero-order valence-electron chi connectivity index (χ0n) is 10.7. The highest BCUT2D eigenvalue weighted by Crippen LogP contribution is 2.22. The summed E-state index contributed by atoms with van der Waals surface area (Å²) in [6.07, 6.45) is 2.25. The molecular weight excluding hydrogens is 298 g/mol. The summed E-state index contributed by atoms with van der Waals surface area (Å²) in [6.45, 7) is 7.09. The molecule has 0 aliphatic rings. The van der Waals surface area contributed by atoms with E-state index in [0.717, 1.165) is 35.2 Å². The van der Waals surface area contributed by atoms with Crippen molar-refractivity contribution in [2.24, 2.45) is 5.41 Å². The fourth-order valence-corrected chi connectivity index (χ4v) is 2.76. The van der Waals surface area contributed by atoms with Crippen molar-refractivity contribution in [2.45, 2.75) is 33.6 Å². The van der Waals surface area contributed by atoms with Crippen LogP contribution in [0.2, 0.25) is 0 Å². The molecule has 0 aliphatic heterocycles. The summed E-state index contributed by atoms with van der Waals surface area (Å²) >= 11 is 4.94. The van der Waals surface area contributed by atoms with Crippen LogP contribution in [0.4, 0.5) is 0 Å². The molecule has 0 bridgehead atoms. The van der Waals surface area contributed by atoms with Crippen LogP contribution in [0.15, 0.2) is 11.4 Å². The molecule has 96 valence electrons. The molecule has 0 aromatic carbocycles. The molecule has 0 saturated heterocycles. The van der Waals surface area contributed by atoms with Crippen LogP contribution < -0.4 is 5.32 Å². The van der Waals surface area contributed by atoms with E-state index in [1.165, 1.54) is 11.3 Å². The van der Waals surface area contributed by atoms with Crippen molar-refractivity contribution >= 4 is 33.2 Å². The Morgan fingerprint density at radius 1 is 1.53 bits per heavy atom. The summed E-state index contributed by atoms with van der Waals surface area (Å²) in [5, 5.41) is 6.01. The number of hydrogen-bond donors (Lipinski definition) is 1. The zero-order valence-corrected chi connectivity index (χ0v) is 13.1. The van der Waals surface area contributed by atoms with Crippen molar-refractivity contribution in [3.63, 3.8) is 0 Å². The lowest BCUT2D eigenvalue weighted by Crippen LogP contribution is -2.33. The van der Waals surface area contributed by atoms with Gasteiger partial charge in [0.25, 0.3) is 5.91 Å². The van der Waals surface area contributed by atoms with Gasteiger partial charge in [-0.05, 0) is 42.2 Å². The van der Waals surface area contributed by atoms with E-state index in [1.54, 1.807) is 0 Å². The Kier molecular flexibility index (Phi) is 5.67. The van der Waals surface area contributed by atoms with Gasteiger partial charge in [0.05, 0.1) is 4.88 Å². The van der Waals surface area contributed by atoms with E-state index in [4.69, 9.17) is 0 Å². The van der Waals surface area contributed by atoms with Gasteiger partial charge in [0, 0.05) is 11.9 Å². The average molecular weight is 318 g/mol. The molecule has 1 heterocycles. The van der Waals surface area contributed by atoms with Gasteiger partial charge in [-0.15, -0.1) is 11.3 Å². The predicted molar refractivity (Wildman–Crippen MR) is 78.2 cm³/mol. The second-order valence-electron chi connectivity index (χ2n) is 5.07. The summed E-state index contributed by atoms with van der Waals surface area (Å²) in [5.41, 5.74) is 1.22. The zero-order chi connectivity index (χ0) is 12.9. The third kappa shape index (κ3) is 4.80. The molecule has 0 fully saturated rings. The molecule has 0 spiro atoms. The Hall–Kier alpha value is -0.350. The van der Waals surface area contributed by atoms with Crippen LogP contribution in [0.5, 0.6) is 0 Å². The van der Waals surface area contributed by atoms with Crippen LogP contribution in [0.3, 0.4) is 0 Å². The second kappa shape index (κ2) is 6.55. The van der Waals surface area contributed by atoms with Gasteiger partial charge in [0.1, 0.15) is 0 Å². The van der Waals surface area contributed by atoms with Gasteiger partial charge < -0.3 is 5.32 Å². The maximum atomic E-state index is 11.9. The Morgan fingerprint density at radius 2 is 2.24 bits per heavy atom. The molecule has 4 heteroatoms. The van der Waals surface area contributed by atoms with E-state index in [1.807, 2.05) is 18.4 Å². The number of aryl methyl sites for hydroxylation is 1. The van der Waals surface area contributed by atoms with Gasteiger partial charge in [0.2, 0.25) is 0 Å². The molecule has 0 radical (unpaired) electrons. The molecule has 2 nitrogen and oxygen atoms in total. The topological polar surface area (TPSA) is 29.1 Å². The third-order valence-electron chi connectivity index (χ3n) is 2.78. The first-order valence-electron chi connectivity index (χ1n) is 5.84. The molecule has 1 amide bonds. The van der Waals surface area contributed by atoms with E-state index >= 15 is 0 Å². The van der Waals surface area contributed by atoms with Crippen molar-refractivity contribution in [1.82, 2.24) is 5.32 Å². The molecular formula is C13H20BrNOS. The van der Waals surface area contributed by atoms with Gasteiger partial charge >= 0.3 is 0 Å². The van der Waals surface area contributed by atoms with Gasteiger partial charge in [-0.1, -0.05) is 29.8 Å². The van der Waals surface area contributed by atoms with E-state index < -0.39 is 0 Å². The smallest absolute Gasteiger partial charge is 0.261 e. The highest BCUT2D eigenvalue weighted by atomic mass is 79.9. The standard InChI is InChI=1S/C13H20BrNOS/c1-10-5-8-17-11(10)12(16)15-9-13(2,3)6-4-7-14/h5,8H,4,6-7,9H2,1-3H3,(H,15,16). The molecule has 0 aliphatic carbocycles. The van der Waals surface area contributed by atoms with Crippen LogP contribution in [0, 0.1) is 12.3 Å². The number of amides is 1. The number of alkyl halides is 1. The molecule has 0 unspecified atom stereocenters. The lowest BCUT2D eigenvalue weighted by Gasteiger charge is -2.24. The largest absolute Gasteiger partial charge is 0.351 e. The maximum Gasteiger partial charge on any atom is 0.261 e. The minimum atomic E-state index is 0.0596. The number of rotatable bonds is 6. The molecule has 1 aromatic heterocycles. The second-order valence-corrected chi connectivity index (χ2v) is 6.78. The SMILES string of the molecule is Cc1ccsc1C(=O)NCC(C)(C)CCCBr. The molecule has 1 aromatic rings. The van der Waals surface area contributed by atoms with E-state index in [2.05, 4.69) is 35.1 Å². The summed E-state index contributed by atoms with van der Waals surface area (Å²) in [7, 11) is 0. The molecule has 1 rings (SSSR count). The van der Waals surface area contributed by atoms with Gasteiger partial charge in [-0.3, -0.25) is 4.79 Å². The Bertz CT molecular complexity index is 373. The van der Waals surface area contributed by atoms with E-state index in [-0.39, 0.29) is 11.3 Å². The normalized spacial score (nSPS) is 11.5. The Labute approximate surface area is 116 Å². The van der Waals surface area contributed by atoms with Gasteiger partial charge in [0.15, 0.2) is 0 Å². The first-order valence-corrected chi connectivity index (χ1v) is 7.85. The first kappa shape index (κ1) is 14.7. The molecule has 1 N–H and O–H groups in total. The van der Waals surface area contributed by atoms with Crippen molar-refractivity contribution in [3.8, 4) is 0 Å². The van der Waals surface area contributed by atoms with Crippen molar-refractivity contribution in [1.29, 1.82) is 0 Å². The fraction of sp³-hybridized carbons (Fsp3) is 0.615. The summed E-state index contributed by atoms with van der Waals surface area (Å²) in [4.78, 5) is 12.8. The quantitative estimate of drug-likeness (QED) is 0.790. The number of carbonyl (C=O) groups is 1. The first-order chi connectivity index (χ1) is 7.96. The fourth-order valence-electron chi connectivity index (χ4n) is 1.64. The van der Waals surface area contributed by atoms with Crippen molar-refractivity contribution in [3.05, 3.63) is 21.9 Å². The van der Waals surface area contributed by atoms with Crippen molar-refractivity contribution < 1.29 is 4.79 Å². The van der Waals surface area contributed by atoms with E-state index in [9.17, 15) is 4.79 Å². The minimum Gasteiger partial charge on any atom is -0.351 e. The summed E-state index contributed by atoms with van der Waals surface area (Å²) < 4.78 is 0. The highest BCUT2D eigenvalue weighted by Gasteiger charge is 2.19. The number of halogens is 1. The van der Waals surface area contributed by atoms with Gasteiger partial charge in [-0.2, -0.15) is 0 Å². The molecule has 17 heavy (non-hydrogen) atoms. The Morgan fingerprint density at radius 3 is 2.76 bits per heavy atom.